The van der Waals surface area contributed by atoms with Crippen molar-refractivity contribution in [1.82, 2.24) is 5.32 Å². The zero-order valence-corrected chi connectivity index (χ0v) is 11.5. The van der Waals surface area contributed by atoms with Crippen LogP contribution < -0.4 is 11.1 Å². The molecule has 3 N–H and O–H groups in total. The molecule has 0 fully saturated rings. The van der Waals surface area contributed by atoms with Gasteiger partial charge in [-0.05, 0) is 34.1 Å². The van der Waals surface area contributed by atoms with Crippen molar-refractivity contribution >= 4 is 50.6 Å². The highest BCUT2D eigenvalue weighted by Gasteiger charge is 2.09. The second-order valence-electron chi connectivity index (χ2n) is 3.10. The number of nitrogens with two attached hydrogens (primary N) is 1. The first-order valence-corrected chi connectivity index (χ1v) is 6.10. The van der Waals surface area contributed by atoms with Crippen LogP contribution in [0.25, 0.3) is 0 Å². The maximum atomic E-state index is 11.7. The van der Waals surface area contributed by atoms with E-state index in [1.54, 1.807) is 18.2 Å². The topological polar surface area (TPSA) is 55.1 Å². The van der Waals surface area contributed by atoms with Gasteiger partial charge < -0.3 is 11.1 Å². The molecule has 0 aliphatic carbocycles. The molecule has 0 bridgehead atoms. The number of nitrogens with one attached hydrogen (secondary N) is 1. The summed E-state index contributed by atoms with van der Waals surface area (Å²) in [7, 11) is 0. The first-order chi connectivity index (χ1) is 7.50. The smallest absolute Gasteiger partial charge is 0.252 e. The Balaban J connectivity index is 2.65. The monoisotopic (exact) mass is 320 g/mol. The molecule has 1 amide bonds. The molecule has 1 aromatic rings. The van der Waals surface area contributed by atoms with Gasteiger partial charge in [0.1, 0.15) is 0 Å². The van der Waals surface area contributed by atoms with Crippen molar-refractivity contribution in [2.24, 2.45) is 5.73 Å². The van der Waals surface area contributed by atoms with Crippen molar-refractivity contribution in [1.29, 1.82) is 0 Å². The van der Waals surface area contributed by atoms with Crippen LogP contribution >= 0.6 is 39.7 Å². The first kappa shape index (κ1) is 13.4. The normalized spacial score (nSPS) is 9.88. The first-order valence-electron chi connectivity index (χ1n) is 4.52. The Morgan fingerprint density at radius 1 is 1.56 bits per heavy atom. The van der Waals surface area contributed by atoms with E-state index in [1.807, 2.05) is 0 Å². The molecule has 0 aromatic heterocycles. The van der Waals surface area contributed by atoms with Gasteiger partial charge in [0, 0.05) is 22.5 Å². The highest BCUT2D eigenvalue weighted by molar-refractivity contribution is 9.10. The molecule has 3 nitrogen and oxygen atoms in total. The van der Waals surface area contributed by atoms with E-state index in [1.165, 1.54) is 0 Å². The van der Waals surface area contributed by atoms with Gasteiger partial charge in [-0.2, -0.15) is 0 Å². The average Bonchev–Trinajstić information content (AvgIpc) is 2.21. The molecule has 0 unspecified atom stereocenters. The number of carbonyl (C=O) groups excluding carboxylic acids is 1. The van der Waals surface area contributed by atoms with Gasteiger partial charge in [-0.15, -0.1) is 0 Å². The third-order valence-corrected chi connectivity index (χ3v) is 2.96. The summed E-state index contributed by atoms with van der Waals surface area (Å²) < 4.78 is 0.699. The minimum absolute atomic E-state index is 0.203. The largest absolute Gasteiger partial charge is 0.393 e. The summed E-state index contributed by atoms with van der Waals surface area (Å²) in [6.07, 6.45) is 0.485. The van der Waals surface area contributed by atoms with Crippen LogP contribution in [0.15, 0.2) is 22.7 Å². The van der Waals surface area contributed by atoms with Crippen LogP contribution in [0.4, 0.5) is 0 Å². The van der Waals surface area contributed by atoms with Crippen molar-refractivity contribution in [3.63, 3.8) is 0 Å². The Morgan fingerprint density at radius 2 is 2.25 bits per heavy atom. The number of amides is 1. The van der Waals surface area contributed by atoms with Gasteiger partial charge in [0.25, 0.3) is 5.91 Å². The Hall–Kier alpha value is -0.650. The Labute approximate surface area is 112 Å². The van der Waals surface area contributed by atoms with Gasteiger partial charge in [0.15, 0.2) is 0 Å². The predicted molar refractivity (Wildman–Crippen MR) is 72.9 cm³/mol. The third kappa shape index (κ3) is 4.08. The summed E-state index contributed by atoms with van der Waals surface area (Å²) in [6, 6.07) is 5.03. The maximum Gasteiger partial charge on any atom is 0.252 e. The zero-order chi connectivity index (χ0) is 12.1. The van der Waals surface area contributed by atoms with Crippen LogP contribution in [0.1, 0.15) is 16.8 Å². The van der Waals surface area contributed by atoms with Crippen LogP contribution in [0.5, 0.6) is 0 Å². The van der Waals surface area contributed by atoms with E-state index >= 15 is 0 Å². The predicted octanol–water partition coefficient (Wildman–Crippen LogP) is 2.51. The molecule has 0 radical (unpaired) electrons. The van der Waals surface area contributed by atoms with Crippen molar-refractivity contribution in [2.45, 2.75) is 6.42 Å². The van der Waals surface area contributed by atoms with Crippen LogP contribution in [0.2, 0.25) is 5.02 Å². The fourth-order valence-corrected chi connectivity index (χ4v) is 1.77. The molecular formula is C10H10BrClN2OS. The van der Waals surface area contributed by atoms with Crippen molar-refractivity contribution in [2.75, 3.05) is 6.54 Å². The number of hydrogen-bond donors (Lipinski definition) is 2. The highest BCUT2D eigenvalue weighted by atomic mass is 79.9. The van der Waals surface area contributed by atoms with Crippen molar-refractivity contribution < 1.29 is 4.79 Å². The van der Waals surface area contributed by atoms with E-state index in [0.717, 1.165) is 0 Å². The lowest BCUT2D eigenvalue weighted by molar-refractivity contribution is 0.0954. The van der Waals surface area contributed by atoms with E-state index in [9.17, 15) is 4.79 Å². The molecule has 6 heteroatoms. The van der Waals surface area contributed by atoms with Crippen LogP contribution in [0, 0.1) is 0 Å². The van der Waals surface area contributed by atoms with Gasteiger partial charge in [-0.25, -0.2) is 0 Å². The number of hydrogen-bond acceptors (Lipinski definition) is 2. The lowest BCUT2D eigenvalue weighted by Crippen LogP contribution is -2.27. The molecule has 0 aliphatic rings. The minimum atomic E-state index is -0.203. The number of benzene rings is 1. The van der Waals surface area contributed by atoms with E-state index in [2.05, 4.69) is 21.2 Å². The second-order valence-corrected chi connectivity index (χ2v) is 4.91. The molecule has 0 atom stereocenters. The molecule has 1 aromatic carbocycles. The van der Waals surface area contributed by atoms with Gasteiger partial charge in [-0.3, -0.25) is 4.79 Å². The summed E-state index contributed by atoms with van der Waals surface area (Å²) in [5.74, 6) is -0.203. The quantitative estimate of drug-likeness (QED) is 0.838. The summed E-state index contributed by atoms with van der Waals surface area (Å²) in [6.45, 7) is 0.424. The van der Waals surface area contributed by atoms with Gasteiger partial charge in [-0.1, -0.05) is 23.8 Å². The fourth-order valence-electron chi connectivity index (χ4n) is 1.07. The Kier molecular flexibility index (Phi) is 5.18. The summed E-state index contributed by atoms with van der Waals surface area (Å²) in [5.41, 5.74) is 5.82. The number of carbonyl (C=O) groups is 1. The lowest BCUT2D eigenvalue weighted by Gasteiger charge is -2.06. The van der Waals surface area contributed by atoms with Gasteiger partial charge in [0.05, 0.1) is 10.6 Å². The standard InChI is InChI=1S/C10H10BrClN2OS/c11-8-2-1-6(12)5-7(8)10(15)14-4-3-9(13)16/h1-2,5H,3-4H2,(H2,13,16)(H,14,15). The molecule has 1 rings (SSSR count). The maximum absolute atomic E-state index is 11.7. The third-order valence-electron chi connectivity index (χ3n) is 1.83. The van der Waals surface area contributed by atoms with Crippen LogP contribution in [0.3, 0.4) is 0 Å². The van der Waals surface area contributed by atoms with Crippen molar-refractivity contribution in [3.05, 3.63) is 33.3 Å². The molecule has 86 valence electrons. The number of rotatable bonds is 4. The minimum Gasteiger partial charge on any atom is -0.393 e. The molecule has 0 heterocycles. The lowest BCUT2D eigenvalue weighted by atomic mass is 10.2. The summed E-state index contributed by atoms with van der Waals surface area (Å²) >= 11 is 13.8. The van der Waals surface area contributed by atoms with E-state index in [4.69, 9.17) is 29.6 Å². The van der Waals surface area contributed by atoms with Crippen LogP contribution in [-0.2, 0) is 0 Å². The molecule has 0 saturated carbocycles. The number of thiocarbonyl (C=S) groups is 1. The summed E-state index contributed by atoms with van der Waals surface area (Å²) in [5, 5.41) is 3.22. The molecule has 0 spiro atoms. The molecule has 0 aliphatic heterocycles. The number of halogens is 2. The van der Waals surface area contributed by atoms with E-state index in [-0.39, 0.29) is 5.91 Å². The van der Waals surface area contributed by atoms with Crippen molar-refractivity contribution in [3.8, 4) is 0 Å². The van der Waals surface area contributed by atoms with E-state index < -0.39 is 0 Å². The Morgan fingerprint density at radius 3 is 2.88 bits per heavy atom. The van der Waals surface area contributed by atoms with Gasteiger partial charge >= 0.3 is 0 Å². The zero-order valence-electron chi connectivity index (χ0n) is 8.30. The highest BCUT2D eigenvalue weighted by Crippen LogP contribution is 2.20. The average molecular weight is 322 g/mol. The van der Waals surface area contributed by atoms with Gasteiger partial charge in [0.2, 0.25) is 0 Å². The molecular weight excluding hydrogens is 312 g/mol. The molecule has 16 heavy (non-hydrogen) atoms. The summed E-state index contributed by atoms with van der Waals surface area (Å²) in [4.78, 5) is 12.1. The van der Waals surface area contributed by atoms with E-state index in [0.29, 0.717) is 33.0 Å². The molecule has 0 saturated heterocycles. The SMILES string of the molecule is NC(=S)CCNC(=O)c1cc(Cl)ccc1Br. The Bertz CT molecular complexity index is 425. The fraction of sp³-hybridized carbons (Fsp3) is 0.200. The van der Waals surface area contributed by atoms with Crippen LogP contribution in [-0.4, -0.2) is 17.4 Å². The second kappa shape index (κ2) is 6.18.